The van der Waals surface area contributed by atoms with E-state index in [0.717, 1.165) is 39.0 Å². The lowest BCUT2D eigenvalue weighted by Gasteiger charge is -2.39. The van der Waals surface area contributed by atoms with Crippen molar-refractivity contribution in [2.45, 2.75) is 30.9 Å². The highest BCUT2D eigenvalue weighted by Gasteiger charge is 2.44. The minimum atomic E-state index is -0.0819. The van der Waals surface area contributed by atoms with Gasteiger partial charge < -0.3 is 24.0 Å². The van der Waals surface area contributed by atoms with E-state index in [0.29, 0.717) is 19.3 Å². The molecule has 0 unspecified atom stereocenters. The molecule has 2 aliphatic heterocycles. The summed E-state index contributed by atoms with van der Waals surface area (Å²) in [6.45, 7) is 3.34. The molecule has 3 rings (SSSR count). The summed E-state index contributed by atoms with van der Waals surface area (Å²) in [6.07, 6.45) is 2.82. The van der Waals surface area contributed by atoms with E-state index in [1.165, 1.54) is 5.69 Å². The van der Waals surface area contributed by atoms with E-state index >= 15 is 0 Å². The Kier molecular flexibility index (Phi) is 6.51. The summed E-state index contributed by atoms with van der Waals surface area (Å²) >= 11 is 0. The first-order valence-corrected chi connectivity index (χ1v) is 9.40. The molecule has 0 aliphatic carbocycles. The molecule has 0 N–H and O–H groups in total. The average Bonchev–Trinajstić information content (AvgIpc) is 3.09. The molecule has 1 aromatic rings. The number of hydrogen-bond acceptors (Lipinski definition) is 5. The molecule has 1 amide bonds. The molecule has 0 aromatic heterocycles. The third kappa shape index (κ3) is 4.55. The molecule has 6 heteroatoms. The van der Waals surface area contributed by atoms with Crippen LogP contribution in [0.2, 0.25) is 0 Å². The number of amides is 1. The van der Waals surface area contributed by atoms with Gasteiger partial charge in [0.1, 0.15) is 6.61 Å². The largest absolute Gasteiger partial charge is 0.382 e. The maximum Gasteiger partial charge on any atom is 0.248 e. The van der Waals surface area contributed by atoms with Gasteiger partial charge in [-0.05, 0) is 31.4 Å². The summed E-state index contributed by atoms with van der Waals surface area (Å²) in [5.74, 6) is 0.0619. The molecule has 2 saturated heterocycles. The first-order chi connectivity index (χ1) is 12.6. The number of para-hydroxylation sites is 1. The van der Waals surface area contributed by atoms with E-state index in [4.69, 9.17) is 14.2 Å². The van der Waals surface area contributed by atoms with Gasteiger partial charge >= 0.3 is 0 Å². The number of carbonyl (C=O) groups is 1. The Hall–Kier alpha value is -1.63. The van der Waals surface area contributed by atoms with Crippen LogP contribution < -0.4 is 4.90 Å². The van der Waals surface area contributed by atoms with Crippen molar-refractivity contribution in [2.75, 3.05) is 58.6 Å². The van der Waals surface area contributed by atoms with Gasteiger partial charge in [0, 0.05) is 32.9 Å². The number of benzene rings is 1. The molecule has 1 aromatic carbocycles. The van der Waals surface area contributed by atoms with Crippen LogP contribution in [0.4, 0.5) is 5.69 Å². The molecule has 1 atom stereocenters. The lowest BCUT2D eigenvalue weighted by molar-refractivity contribution is -0.141. The van der Waals surface area contributed by atoms with Gasteiger partial charge in [0.25, 0.3) is 0 Å². The molecule has 2 heterocycles. The predicted octanol–water partition coefficient (Wildman–Crippen LogP) is 1.94. The Labute approximate surface area is 156 Å². The third-order valence-corrected chi connectivity index (χ3v) is 5.59. The second kappa shape index (κ2) is 8.84. The van der Waals surface area contributed by atoms with E-state index in [1.807, 2.05) is 11.0 Å². The van der Waals surface area contributed by atoms with Crippen LogP contribution in [0.1, 0.15) is 19.3 Å². The Morgan fingerprint density at radius 3 is 2.69 bits per heavy atom. The van der Waals surface area contributed by atoms with Crippen LogP contribution in [-0.2, 0) is 19.0 Å². The molecular formula is C20H30N2O4. The number of carbonyl (C=O) groups excluding carboxylic acids is 1. The van der Waals surface area contributed by atoms with Crippen molar-refractivity contribution in [2.24, 2.45) is 0 Å². The number of piperidine rings is 1. The predicted molar refractivity (Wildman–Crippen MR) is 100 cm³/mol. The Morgan fingerprint density at radius 2 is 2.00 bits per heavy atom. The Bertz CT molecular complexity index is 572. The topological polar surface area (TPSA) is 51.2 Å². The smallest absolute Gasteiger partial charge is 0.248 e. The van der Waals surface area contributed by atoms with Crippen molar-refractivity contribution in [1.82, 2.24) is 4.90 Å². The molecule has 0 saturated carbocycles. The van der Waals surface area contributed by atoms with E-state index in [-0.39, 0.29) is 18.1 Å². The second-order valence-electron chi connectivity index (χ2n) is 7.22. The van der Waals surface area contributed by atoms with E-state index in [1.54, 1.807) is 7.11 Å². The number of nitrogens with zero attached hydrogens (tertiary/aromatic N) is 2. The quantitative estimate of drug-likeness (QED) is 0.694. The second-order valence-corrected chi connectivity index (χ2v) is 7.22. The summed E-state index contributed by atoms with van der Waals surface area (Å²) in [7, 11) is 3.76. The van der Waals surface area contributed by atoms with Crippen molar-refractivity contribution in [3.63, 3.8) is 0 Å². The highest BCUT2D eigenvalue weighted by Crippen LogP contribution is 2.38. The summed E-state index contributed by atoms with van der Waals surface area (Å²) in [4.78, 5) is 16.4. The van der Waals surface area contributed by atoms with Crippen LogP contribution in [0.25, 0.3) is 0 Å². The van der Waals surface area contributed by atoms with Crippen LogP contribution in [-0.4, -0.2) is 76.1 Å². The number of ether oxygens (including phenoxy) is 3. The SMILES string of the molecule is COCCOCC(=O)N1CCC2(CC1)C[C@@H](N(C)c1ccccc1)CO2. The highest BCUT2D eigenvalue weighted by atomic mass is 16.5. The minimum Gasteiger partial charge on any atom is -0.382 e. The van der Waals surface area contributed by atoms with Gasteiger partial charge in [0.05, 0.1) is 31.5 Å². The fourth-order valence-electron chi connectivity index (χ4n) is 3.85. The Balaban J connectivity index is 1.46. The number of methoxy groups -OCH3 is 1. The lowest BCUT2D eigenvalue weighted by atomic mass is 9.87. The van der Waals surface area contributed by atoms with Crippen LogP contribution in [0.15, 0.2) is 30.3 Å². The third-order valence-electron chi connectivity index (χ3n) is 5.59. The number of likely N-dealkylation sites (tertiary alicyclic amines) is 1. The van der Waals surface area contributed by atoms with E-state index in [2.05, 4.69) is 36.2 Å². The lowest BCUT2D eigenvalue weighted by Crippen LogP contribution is -2.48. The van der Waals surface area contributed by atoms with Crippen LogP contribution in [0.5, 0.6) is 0 Å². The number of rotatable bonds is 7. The van der Waals surface area contributed by atoms with Crippen LogP contribution >= 0.6 is 0 Å². The van der Waals surface area contributed by atoms with E-state index in [9.17, 15) is 4.79 Å². The van der Waals surface area contributed by atoms with Crippen molar-refractivity contribution in [1.29, 1.82) is 0 Å². The molecule has 1 spiro atoms. The zero-order valence-electron chi connectivity index (χ0n) is 15.9. The molecule has 0 radical (unpaired) electrons. The molecule has 0 bridgehead atoms. The molecule has 6 nitrogen and oxygen atoms in total. The summed E-state index contributed by atoms with van der Waals surface area (Å²) in [5.41, 5.74) is 1.14. The minimum absolute atomic E-state index is 0.0619. The van der Waals surface area contributed by atoms with Gasteiger partial charge in [-0.25, -0.2) is 0 Å². The van der Waals surface area contributed by atoms with Crippen molar-refractivity contribution < 1.29 is 19.0 Å². The number of likely N-dealkylation sites (N-methyl/N-ethyl adjacent to an activating group) is 1. The summed E-state index contributed by atoms with van der Waals surface area (Å²) in [5, 5.41) is 0. The fourth-order valence-corrected chi connectivity index (χ4v) is 3.85. The van der Waals surface area contributed by atoms with Crippen molar-refractivity contribution in [3.8, 4) is 0 Å². The highest BCUT2D eigenvalue weighted by molar-refractivity contribution is 5.77. The molecule has 26 heavy (non-hydrogen) atoms. The van der Waals surface area contributed by atoms with E-state index < -0.39 is 0 Å². The van der Waals surface area contributed by atoms with Gasteiger partial charge in [-0.15, -0.1) is 0 Å². The van der Waals surface area contributed by atoms with Gasteiger partial charge in [-0.1, -0.05) is 18.2 Å². The molecule has 2 fully saturated rings. The first-order valence-electron chi connectivity index (χ1n) is 9.40. The van der Waals surface area contributed by atoms with Gasteiger partial charge in [0.15, 0.2) is 0 Å². The van der Waals surface area contributed by atoms with Gasteiger partial charge in [0.2, 0.25) is 5.91 Å². The van der Waals surface area contributed by atoms with Gasteiger partial charge in [-0.3, -0.25) is 4.79 Å². The van der Waals surface area contributed by atoms with Gasteiger partial charge in [-0.2, -0.15) is 0 Å². The summed E-state index contributed by atoms with van der Waals surface area (Å²) in [6, 6.07) is 10.8. The van der Waals surface area contributed by atoms with Crippen molar-refractivity contribution >= 4 is 11.6 Å². The van der Waals surface area contributed by atoms with Crippen LogP contribution in [0, 0.1) is 0 Å². The summed E-state index contributed by atoms with van der Waals surface area (Å²) < 4.78 is 16.5. The normalized spacial score (nSPS) is 21.9. The molecule has 2 aliphatic rings. The first kappa shape index (κ1) is 19.1. The maximum atomic E-state index is 12.2. The zero-order valence-corrected chi connectivity index (χ0v) is 15.9. The zero-order chi connectivity index (χ0) is 18.4. The monoisotopic (exact) mass is 362 g/mol. The number of anilines is 1. The average molecular weight is 362 g/mol. The maximum absolute atomic E-state index is 12.2. The molecule has 144 valence electrons. The molecular weight excluding hydrogens is 332 g/mol. The van der Waals surface area contributed by atoms with Crippen LogP contribution in [0.3, 0.4) is 0 Å². The van der Waals surface area contributed by atoms with Crippen molar-refractivity contribution in [3.05, 3.63) is 30.3 Å². The fraction of sp³-hybridized carbons (Fsp3) is 0.650. The number of hydrogen-bond donors (Lipinski definition) is 0. The Morgan fingerprint density at radius 1 is 1.27 bits per heavy atom. The standard InChI is InChI=1S/C20H30N2O4/c1-21(17-6-4-3-5-7-17)18-14-20(26-15-18)8-10-22(11-9-20)19(23)16-25-13-12-24-2/h3-7,18H,8-16H2,1-2H3/t18-/m1/s1.